The van der Waals surface area contributed by atoms with Gasteiger partial charge in [0.2, 0.25) is 11.8 Å². The molecule has 1 aliphatic rings. The van der Waals surface area contributed by atoms with Gasteiger partial charge in [0.1, 0.15) is 0 Å². The van der Waals surface area contributed by atoms with Crippen LogP contribution in [0.25, 0.3) is 0 Å². The Hall–Kier alpha value is -1.06. The van der Waals surface area contributed by atoms with Gasteiger partial charge < -0.3 is 10.2 Å². The topological polar surface area (TPSA) is 49.4 Å². The summed E-state index contributed by atoms with van der Waals surface area (Å²) in [4.78, 5) is 25.2. The molecule has 1 saturated heterocycles. The molecule has 0 aromatic heterocycles. The summed E-state index contributed by atoms with van der Waals surface area (Å²) in [5.41, 5.74) is -0.227. The van der Waals surface area contributed by atoms with E-state index in [2.05, 4.69) is 5.32 Å². The quantitative estimate of drug-likeness (QED) is 0.795. The van der Waals surface area contributed by atoms with Gasteiger partial charge in [-0.05, 0) is 26.2 Å². The SMILES string of the molecule is CCCC(=O)N[C@]1(C)CCN(C(=O)CCC)C1. The molecule has 0 saturated carbocycles. The lowest BCUT2D eigenvalue weighted by atomic mass is 10.0. The third-order valence-corrected chi connectivity index (χ3v) is 3.21. The minimum atomic E-state index is -0.227. The van der Waals surface area contributed by atoms with Crippen LogP contribution in [0.2, 0.25) is 0 Å². The highest BCUT2D eigenvalue weighted by atomic mass is 16.2. The van der Waals surface area contributed by atoms with Crippen LogP contribution in [0.4, 0.5) is 0 Å². The van der Waals surface area contributed by atoms with Crippen LogP contribution in [0.5, 0.6) is 0 Å². The molecule has 4 heteroatoms. The molecule has 4 nitrogen and oxygen atoms in total. The Morgan fingerprint density at radius 3 is 2.47 bits per heavy atom. The number of carbonyl (C=O) groups is 2. The van der Waals surface area contributed by atoms with Crippen LogP contribution in [0.3, 0.4) is 0 Å². The predicted octanol–water partition coefficient (Wildman–Crippen LogP) is 1.69. The van der Waals surface area contributed by atoms with Crippen LogP contribution in [0.1, 0.15) is 52.9 Å². The van der Waals surface area contributed by atoms with Gasteiger partial charge in [-0.1, -0.05) is 13.8 Å². The summed E-state index contributed by atoms with van der Waals surface area (Å²) < 4.78 is 0. The normalized spacial score (nSPS) is 23.8. The van der Waals surface area contributed by atoms with Gasteiger partial charge in [-0.3, -0.25) is 9.59 Å². The molecule has 0 unspecified atom stereocenters. The lowest BCUT2D eigenvalue weighted by Crippen LogP contribution is -2.48. The maximum Gasteiger partial charge on any atom is 0.222 e. The second kappa shape index (κ2) is 6.03. The minimum absolute atomic E-state index is 0.0970. The first-order valence-corrected chi connectivity index (χ1v) is 6.59. The van der Waals surface area contributed by atoms with E-state index in [0.29, 0.717) is 19.4 Å². The first-order chi connectivity index (χ1) is 8.00. The number of nitrogens with one attached hydrogen (secondary N) is 1. The summed E-state index contributed by atoms with van der Waals surface area (Å²) in [7, 11) is 0. The van der Waals surface area contributed by atoms with Crippen LogP contribution in [0.15, 0.2) is 0 Å². The first-order valence-electron chi connectivity index (χ1n) is 6.59. The average molecular weight is 240 g/mol. The zero-order valence-electron chi connectivity index (χ0n) is 11.2. The highest BCUT2D eigenvalue weighted by Gasteiger charge is 2.36. The van der Waals surface area contributed by atoms with Crippen molar-refractivity contribution in [2.24, 2.45) is 0 Å². The van der Waals surface area contributed by atoms with Crippen molar-refractivity contribution in [2.45, 2.75) is 58.4 Å². The molecule has 98 valence electrons. The monoisotopic (exact) mass is 240 g/mol. The summed E-state index contributed by atoms with van der Waals surface area (Å²) in [6.45, 7) is 7.45. The maximum absolute atomic E-state index is 11.8. The lowest BCUT2D eigenvalue weighted by molar-refractivity contribution is -0.131. The second-order valence-electron chi connectivity index (χ2n) is 5.17. The number of hydrogen-bond donors (Lipinski definition) is 1. The average Bonchev–Trinajstić information content (AvgIpc) is 2.61. The molecule has 0 aromatic carbocycles. The summed E-state index contributed by atoms with van der Waals surface area (Å²) in [5, 5.41) is 3.05. The predicted molar refractivity (Wildman–Crippen MR) is 67.6 cm³/mol. The first kappa shape index (κ1) is 14.0. The minimum Gasteiger partial charge on any atom is -0.349 e. The Morgan fingerprint density at radius 2 is 1.88 bits per heavy atom. The number of amides is 2. The molecule has 1 aliphatic heterocycles. The van der Waals surface area contributed by atoms with Crippen LogP contribution in [-0.4, -0.2) is 35.3 Å². The zero-order valence-corrected chi connectivity index (χ0v) is 11.2. The van der Waals surface area contributed by atoms with E-state index in [1.165, 1.54) is 0 Å². The van der Waals surface area contributed by atoms with Gasteiger partial charge >= 0.3 is 0 Å². The number of rotatable bonds is 5. The molecule has 0 aromatic rings. The molecule has 0 spiro atoms. The van der Waals surface area contributed by atoms with Gasteiger partial charge in [-0.2, -0.15) is 0 Å². The van der Waals surface area contributed by atoms with Crippen molar-refractivity contribution in [2.75, 3.05) is 13.1 Å². The largest absolute Gasteiger partial charge is 0.349 e. The van der Waals surface area contributed by atoms with Crippen molar-refractivity contribution >= 4 is 11.8 Å². The molecule has 0 radical (unpaired) electrons. The molecule has 0 aliphatic carbocycles. The van der Waals surface area contributed by atoms with Crippen molar-refractivity contribution in [1.29, 1.82) is 0 Å². The number of hydrogen-bond acceptors (Lipinski definition) is 2. The van der Waals surface area contributed by atoms with E-state index in [1.807, 2.05) is 25.7 Å². The highest BCUT2D eigenvalue weighted by molar-refractivity contribution is 5.78. The third kappa shape index (κ3) is 4.02. The van der Waals surface area contributed by atoms with E-state index in [4.69, 9.17) is 0 Å². The molecule has 1 heterocycles. The zero-order chi connectivity index (χ0) is 12.9. The van der Waals surface area contributed by atoms with Gasteiger partial charge in [0.05, 0.1) is 5.54 Å². The van der Waals surface area contributed by atoms with Crippen LogP contribution < -0.4 is 5.32 Å². The molecule has 17 heavy (non-hydrogen) atoms. The standard InChI is InChI=1S/C13H24N2O2/c1-4-6-11(16)14-13(3)8-9-15(10-13)12(17)7-5-2/h4-10H2,1-3H3,(H,14,16)/t13-/m1/s1. The molecule has 1 atom stereocenters. The van der Waals surface area contributed by atoms with Crippen LogP contribution >= 0.6 is 0 Å². The van der Waals surface area contributed by atoms with E-state index in [9.17, 15) is 9.59 Å². The van der Waals surface area contributed by atoms with E-state index in [0.717, 1.165) is 25.8 Å². The van der Waals surface area contributed by atoms with Crippen molar-refractivity contribution in [1.82, 2.24) is 10.2 Å². The van der Waals surface area contributed by atoms with Gasteiger partial charge in [0.15, 0.2) is 0 Å². The number of nitrogens with zero attached hydrogens (tertiary/aromatic N) is 1. The van der Waals surface area contributed by atoms with Gasteiger partial charge in [0, 0.05) is 25.9 Å². The van der Waals surface area contributed by atoms with Crippen LogP contribution in [0, 0.1) is 0 Å². The molecular weight excluding hydrogens is 216 g/mol. The molecule has 0 bridgehead atoms. The summed E-state index contributed by atoms with van der Waals surface area (Å²) >= 11 is 0. The Kier molecular flexibility index (Phi) is 4.97. The molecule has 1 fully saturated rings. The van der Waals surface area contributed by atoms with E-state index < -0.39 is 0 Å². The molecule has 1 rings (SSSR count). The Labute approximate surface area is 104 Å². The van der Waals surface area contributed by atoms with Gasteiger partial charge in [-0.15, -0.1) is 0 Å². The van der Waals surface area contributed by atoms with Crippen molar-refractivity contribution in [3.05, 3.63) is 0 Å². The fraction of sp³-hybridized carbons (Fsp3) is 0.846. The summed E-state index contributed by atoms with van der Waals surface area (Å²) in [5.74, 6) is 0.306. The molecular formula is C13H24N2O2. The summed E-state index contributed by atoms with van der Waals surface area (Å²) in [6.07, 6.45) is 3.78. The fourth-order valence-corrected chi connectivity index (χ4v) is 2.27. The Balaban J connectivity index is 2.47. The lowest BCUT2D eigenvalue weighted by Gasteiger charge is -2.26. The van der Waals surface area contributed by atoms with Gasteiger partial charge in [0.25, 0.3) is 0 Å². The molecule has 1 N–H and O–H groups in total. The Morgan fingerprint density at radius 1 is 1.24 bits per heavy atom. The third-order valence-electron chi connectivity index (χ3n) is 3.21. The van der Waals surface area contributed by atoms with Crippen molar-refractivity contribution in [3.63, 3.8) is 0 Å². The summed E-state index contributed by atoms with van der Waals surface area (Å²) in [6, 6.07) is 0. The van der Waals surface area contributed by atoms with Crippen molar-refractivity contribution in [3.8, 4) is 0 Å². The fourth-order valence-electron chi connectivity index (χ4n) is 2.27. The van der Waals surface area contributed by atoms with E-state index in [1.54, 1.807) is 0 Å². The number of carbonyl (C=O) groups excluding carboxylic acids is 2. The smallest absolute Gasteiger partial charge is 0.222 e. The molecule has 2 amide bonds. The number of likely N-dealkylation sites (tertiary alicyclic amines) is 1. The second-order valence-corrected chi connectivity index (χ2v) is 5.17. The van der Waals surface area contributed by atoms with Crippen molar-refractivity contribution < 1.29 is 9.59 Å². The van der Waals surface area contributed by atoms with E-state index in [-0.39, 0.29) is 17.4 Å². The maximum atomic E-state index is 11.8. The van der Waals surface area contributed by atoms with E-state index >= 15 is 0 Å². The highest BCUT2D eigenvalue weighted by Crippen LogP contribution is 2.21. The van der Waals surface area contributed by atoms with Gasteiger partial charge in [-0.25, -0.2) is 0 Å². The Bertz CT molecular complexity index is 291. The van der Waals surface area contributed by atoms with Crippen LogP contribution in [-0.2, 0) is 9.59 Å².